The van der Waals surface area contributed by atoms with E-state index in [1.165, 1.54) is 0 Å². The van der Waals surface area contributed by atoms with Crippen LogP contribution >= 0.6 is 0 Å². The molecule has 0 amide bonds. The minimum Gasteiger partial charge on any atom is -0.396 e. The van der Waals surface area contributed by atoms with Crippen LogP contribution in [0, 0.1) is 46.9 Å². The number of hydrogen-bond donors (Lipinski definition) is 1. The molecule has 0 bridgehead atoms. The number of hydrogen-bond acceptors (Lipinski definition) is 1. The van der Waals surface area contributed by atoms with Crippen molar-refractivity contribution in [1.29, 1.82) is 0 Å². The second-order valence-electron chi connectivity index (χ2n) is 1.08. The summed E-state index contributed by atoms with van der Waals surface area (Å²) in [6.07, 6.45) is 2.04. The zero-order valence-corrected chi connectivity index (χ0v) is 5.55. The fourth-order valence-corrected chi connectivity index (χ4v) is 0.158. The molecule has 1 nitrogen and oxygen atoms in total. The van der Waals surface area contributed by atoms with Crippen molar-refractivity contribution >= 4 is 0 Å². The monoisotopic (exact) mass is 248 g/mol. The average molecular weight is 247 g/mol. The van der Waals surface area contributed by atoms with Gasteiger partial charge in [0.2, 0.25) is 0 Å². The molecule has 0 saturated heterocycles. The smallest absolute Gasteiger partial charge is 0.0430 e. The summed E-state index contributed by atoms with van der Waals surface area (Å²) < 4.78 is 0. The SMILES string of the molecule is CCCCO.[Yb]. The molecule has 0 aromatic rings. The van der Waals surface area contributed by atoms with Crippen LogP contribution in [-0.2, 0) is 0 Å². The van der Waals surface area contributed by atoms with Gasteiger partial charge >= 0.3 is 0 Å². The van der Waals surface area contributed by atoms with E-state index in [2.05, 4.69) is 6.92 Å². The predicted octanol–water partition coefficient (Wildman–Crippen LogP) is 0.779. The quantitative estimate of drug-likeness (QED) is 0.764. The number of aliphatic hydroxyl groups excluding tert-OH is 1. The number of unbranched alkanes of at least 4 members (excludes halogenated alkanes) is 1. The maximum Gasteiger partial charge on any atom is 0.0430 e. The second kappa shape index (κ2) is 9.70. The van der Waals surface area contributed by atoms with Gasteiger partial charge in [0.15, 0.2) is 0 Å². The number of aliphatic hydroxyl groups is 1. The van der Waals surface area contributed by atoms with Gasteiger partial charge in [0.05, 0.1) is 0 Å². The van der Waals surface area contributed by atoms with E-state index >= 15 is 0 Å². The molecule has 0 spiro atoms. The van der Waals surface area contributed by atoms with E-state index in [-0.39, 0.29) is 46.9 Å². The molecule has 46 valence electrons. The van der Waals surface area contributed by atoms with E-state index in [1.807, 2.05) is 0 Å². The summed E-state index contributed by atoms with van der Waals surface area (Å²) in [6, 6.07) is 0. The van der Waals surface area contributed by atoms with Crippen LogP contribution in [0.25, 0.3) is 0 Å². The van der Waals surface area contributed by atoms with E-state index in [0.29, 0.717) is 6.61 Å². The van der Waals surface area contributed by atoms with E-state index in [4.69, 9.17) is 5.11 Å². The summed E-state index contributed by atoms with van der Waals surface area (Å²) in [5, 5.41) is 8.07. The van der Waals surface area contributed by atoms with E-state index in [9.17, 15) is 0 Å². The Balaban J connectivity index is 0. The Kier molecular flexibility index (Phi) is 16.9. The first-order valence-corrected chi connectivity index (χ1v) is 2.02. The summed E-state index contributed by atoms with van der Waals surface area (Å²) in [6.45, 7) is 2.40. The topological polar surface area (TPSA) is 20.2 Å². The van der Waals surface area contributed by atoms with Crippen LogP contribution in [0.5, 0.6) is 0 Å². The van der Waals surface area contributed by atoms with Crippen molar-refractivity contribution in [3.8, 4) is 0 Å². The predicted molar refractivity (Wildman–Crippen MR) is 22.0 cm³/mol. The molecule has 0 aliphatic heterocycles. The molecular weight excluding hydrogens is 237 g/mol. The minimum absolute atomic E-state index is 0. The van der Waals surface area contributed by atoms with Crippen LogP contribution < -0.4 is 0 Å². The third kappa shape index (κ3) is 9.08. The molecule has 0 radical (unpaired) electrons. The van der Waals surface area contributed by atoms with Gasteiger partial charge in [-0.15, -0.1) is 0 Å². The van der Waals surface area contributed by atoms with Crippen molar-refractivity contribution in [3.63, 3.8) is 0 Å². The minimum atomic E-state index is 0. The van der Waals surface area contributed by atoms with Crippen LogP contribution in [-0.4, -0.2) is 11.7 Å². The van der Waals surface area contributed by atoms with Crippen LogP contribution in [0.15, 0.2) is 0 Å². The Morgan fingerprint density at radius 1 is 1.50 bits per heavy atom. The molecule has 0 fully saturated rings. The third-order valence-corrected chi connectivity index (χ3v) is 0.512. The molecule has 0 atom stereocenters. The van der Waals surface area contributed by atoms with E-state index < -0.39 is 0 Å². The van der Waals surface area contributed by atoms with Gasteiger partial charge in [-0.1, -0.05) is 13.3 Å². The van der Waals surface area contributed by atoms with Gasteiger partial charge < -0.3 is 5.11 Å². The molecule has 0 heterocycles. The molecule has 0 aliphatic carbocycles. The summed E-state index contributed by atoms with van der Waals surface area (Å²) >= 11 is 0. The van der Waals surface area contributed by atoms with Gasteiger partial charge in [-0.25, -0.2) is 0 Å². The van der Waals surface area contributed by atoms with Crippen LogP contribution in [0.4, 0.5) is 0 Å². The molecule has 0 aromatic heterocycles. The van der Waals surface area contributed by atoms with E-state index in [1.54, 1.807) is 0 Å². The normalized spacial score (nSPS) is 7.00. The van der Waals surface area contributed by atoms with Crippen molar-refractivity contribution in [2.45, 2.75) is 19.8 Å². The summed E-state index contributed by atoms with van der Waals surface area (Å²) in [5.74, 6) is 0. The fraction of sp³-hybridized carbons (Fsp3) is 1.00. The molecule has 0 aliphatic rings. The summed E-state index contributed by atoms with van der Waals surface area (Å²) in [4.78, 5) is 0. The summed E-state index contributed by atoms with van der Waals surface area (Å²) in [7, 11) is 0. The molecule has 0 unspecified atom stereocenters. The van der Waals surface area contributed by atoms with Gasteiger partial charge in [-0.2, -0.15) is 0 Å². The zero-order valence-electron chi connectivity index (χ0n) is 3.84. The van der Waals surface area contributed by atoms with Crippen molar-refractivity contribution in [2.24, 2.45) is 0 Å². The molecule has 2 heteroatoms. The fourth-order valence-electron chi connectivity index (χ4n) is 0.158. The zero-order chi connectivity index (χ0) is 4.12. The molecule has 6 heavy (non-hydrogen) atoms. The average Bonchev–Trinajstić information content (AvgIpc) is 1.41. The Morgan fingerprint density at radius 3 is 2.00 bits per heavy atom. The van der Waals surface area contributed by atoms with Crippen molar-refractivity contribution in [1.82, 2.24) is 0 Å². The van der Waals surface area contributed by atoms with Gasteiger partial charge in [0.1, 0.15) is 0 Å². The Labute approximate surface area is 77.4 Å². The van der Waals surface area contributed by atoms with Crippen molar-refractivity contribution < 1.29 is 52.0 Å². The third-order valence-electron chi connectivity index (χ3n) is 0.512. The standard InChI is InChI=1S/C4H10O.Yb/c1-2-3-4-5;/h5H,2-4H2,1H3;. The van der Waals surface area contributed by atoms with E-state index in [0.717, 1.165) is 12.8 Å². The number of rotatable bonds is 2. The van der Waals surface area contributed by atoms with Gasteiger partial charge in [0.25, 0.3) is 0 Å². The maximum atomic E-state index is 8.07. The molecule has 0 rings (SSSR count). The van der Waals surface area contributed by atoms with Gasteiger partial charge in [-0.3, -0.25) is 0 Å². The Hall–Kier alpha value is 1.48. The Bertz CT molecular complexity index is 15.0. The first kappa shape index (κ1) is 10.5. The van der Waals surface area contributed by atoms with Crippen LogP contribution in [0.3, 0.4) is 0 Å². The molecule has 0 aromatic carbocycles. The molecule has 1 N–H and O–H groups in total. The summed E-state index contributed by atoms with van der Waals surface area (Å²) in [5.41, 5.74) is 0. The molecular formula is C4H10OYb. The maximum absolute atomic E-state index is 8.07. The van der Waals surface area contributed by atoms with Gasteiger partial charge in [-0.05, 0) is 6.42 Å². The largest absolute Gasteiger partial charge is 0.396 e. The molecule has 0 saturated carbocycles. The first-order chi connectivity index (χ1) is 2.41. The van der Waals surface area contributed by atoms with Crippen LogP contribution in [0.1, 0.15) is 19.8 Å². The Morgan fingerprint density at radius 2 is 2.00 bits per heavy atom. The van der Waals surface area contributed by atoms with Gasteiger partial charge in [0, 0.05) is 53.5 Å². The van der Waals surface area contributed by atoms with Crippen LogP contribution in [0.2, 0.25) is 0 Å². The first-order valence-electron chi connectivity index (χ1n) is 2.02. The van der Waals surface area contributed by atoms with Crippen molar-refractivity contribution in [3.05, 3.63) is 0 Å². The van der Waals surface area contributed by atoms with Crippen molar-refractivity contribution in [2.75, 3.05) is 6.61 Å². The second-order valence-corrected chi connectivity index (χ2v) is 1.08.